The maximum Gasteiger partial charge on any atom is 0.259 e. The minimum absolute atomic E-state index is 0.230. The van der Waals surface area contributed by atoms with Crippen molar-refractivity contribution in [2.45, 2.75) is 26.2 Å². The first-order chi connectivity index (χ1) is 25.3. The Bertz CT molecular complexity index is 2380. The molecular formula is C40H34F2N6O3S. The first-order valence-electron chi connectivity index (χ1n) is 17.4. The average Bonchev–Trinajstić information content (AvgIpc) is 3.68. The molecule has 0 aliphatic carbocycles. The summed E-state index contributed by atoms with van der Waals surface area (Å²) < 4.78 is 36.1. The topological polar surface area (TPSA) is 103 Å². The number of fused-ring (bicyclic) bond motifs is 4. The fourth-order valence-electron chi connectivity index (χ4n) is 7.64. The van der Waals surface area contributed by atoms with Gasteiger partial charge in [0.25, 0.3) is 11.8 Å². The molecule has 12 heteroatoms. The number of thiophene rings is 1. The molecule has 6 heterocycles. The second-order valence-corrected chi connectivity index (χ2v) is 14.8. The molecule has 0 unspecified atom stereocenters. The summed E-state index contributed by atoms with van der Waals surface area (Å²) in [6.45, 7) is 5.42. The third-order valence-corrected chi connectivity index (χ3v) is 11.7. The number of aromatic amines is 1. The van der Waals surface area contributed by atoms with Crippen LogP contribution in [-0.4, -0.2) is 59.6 Å². The highest BCUT2D eigenvalue weighted by atomic mass is 32.1. The van der Waals surface area contributed by atoms with Crippen LogP contribution < -0.4 is 15.1 Å². The number of carbonyl (C=O) groups excluding carboxylic acids is 2. The number of aryl methyl sites for hydroxylation is 1. The van der Waals surface area contributed by atoms with Crippen LogP contribution >= 0.6 is 11.3 Å². The fraction of sp³-hybridized carbons (Fsp3) is 0.250. The Morgan fingerprint density at radius 1 is 0.923 bits per heavy atom. The van der Waals surface area contributed by atoms with Gasteiger partial charge in [0.1, 0.15) is 27.8 Å². The van der Waals surface area contributed by atoms with E-state index in [1.54, 1.807) is 41.3 Å². The molecule has 3 aromatic carbocycles. The van der Waals surface area contributed by atoms with Crippen LogP contribution in [0, 0.1) is 24.0 Å². The van der Waals surface area contributed by atoms with Crippen LogP contribution in [0.2, 0.25) is 0 Å². The van der Waals surface area contributed by atoms with Crippen molar-refractivity contribution in [3.8, 4) is 21.1 Å². The van der Waals surface area contributed by atoms with Crippen molar-refractivity contribution in [3.05, 3.63) is 113 Å². The van der Waals surface area contributed by atoms with Gasteiger partial charge in [-0.2, -0.15) is 0 Å². The summed E-state index contributed by atoms with van der Waals surface area (Å²) in [7, 11) is 0. The van der Waals surface area contributed by atoms with Crippen molar-refractivity contribution in [2.75, 3.05) is 48.0 Å². The number of rotatable bonds is 5. The Balaban J connectivity index is 0.940. The minimum atomic E-state index is -0.451. The van der Waals surface area contributed by atoms with Gasteiger partial charge < -0.3 is 24.8 Å². The van der Waals surface area contributed by atoms with Gasteiger partial charge in [-0.05, 0) is 80.8 Å². The molecule has 1 spiro atoms. The van der Waals surface area contributed by atoms with E-state index in [9.17, 15) is 14.0 Å². The molecule has 3 aromatic heterocycles. The van der Waals surface area contributed by atoms with Crippen LogP contribution in [0.15, 0.2) is 78.9 Å². The standard InChI is InChI=1S/C40H34F2N6O3S/c1-23-9-14-28(37(43-23)47-21-40(22-47)16-19-51-20-17-40)38(49)44-25-12-10-24(11-13-25)39(50)48-18-15-27-32(42)35(52-34(27)26-5-2-3-8-31(26)48)36-45-30-7-4-6-29(41)33(30)46-36/h2-14H,15-22H2,1H3,(H,44,49)(H,45,46). The third-order valence-electron chi connectivity index (χ3n) is 10.4. The van der Waals surface area contributed by atoms with Gasteiger partial charge in [0.2, 0.25) is 0 Å². The summed E-state index contributed by atoms with van der Waals surface area (Å²) >= 11 is 1.24. The van der Waals surface area contributed by atoms with E-state index in [-0.39, 0.29) is 41.5 Å². The molecule has 3 aliphatic heterocycles. The van der Waals surface area contributed by atoms with Gasteiger partial charge in [-0.15, -0.1) is 11.3 Å². The molecule has 52 heavy (non-hydrogen) atoms. The van der Waals surface area contributed by atoms with E-state index in [2.05, 4.69) is 20.2 Å². The number of hydrogen-bond acceptors (Lipinski definition) is 7. The van der Waals surface area contributed by atoms with Gasteiger partial charge in [0.05, 0.1) is 16.8 Å². The number of aromatic nitrogens is 3. The molecule has 9 rings (SSSR count). The summed E-state index contributed by atoms with van der Waals surface area (Å²) in [5.41, 5.74) is 5.11. The number of imidazole rings is 1. The van der Waals surface area contributed by atoms with Crippen molar-refractivity contribution in [3.63, 3.8) is 0 Å². The number of ether oxygens (including phenoxy) is 1. The Morgan fingerprint density at radius 2 is 1.71 bits per heavy atom. The maximum atomic E-state index is 16.1. The molecule has 0 bridgehead atoms. The molecule has 2 fully saturated rings. The van der Waals surface area contributed by atoms with E-state index < -0.39 is 11.6 Å². The predicted molar refractivity (Wildman–Crippen MR) is 198 cm³/mol. The lowest BCUT2D eigenvalue weighted by Gasteiger charge is -2.53. The zero-order valence-electron chi connectivity index (χ0n) is 28.3. The molecule has 2 amide bonds. The van der Waals surface area contributed by atoms with E-state index in [0.29, 0.717) is 49.2 Å². The van der Waals surface area contributed by atoms with Crippen molar-refractivity contribution in [2.24, 2.45) is 5.41 Å². The number of pyridine rings is 1. The van der Waals surface area contributed by atoms with Gasteiger partial charge in [0.15, 0.2) is 5.82 Å². The minimum Gasteiger partial charge on any atom is -0.381 e. The van der Waals surface area contributed by atoms with E-state index in [0.717, 1.165) is 50.4 Å². The first-order valence-corrected chi connectivity index (χ1v) is 18.2. The molecule has 0 atom stereocenters. The molecule has 9 nitrogen and oxygen atoms in total. The normalized spacial score (nSPS) is 16.3. The van der Waals surface area contributed by atoms with Crippen molar-refractivity contribution < 1.29 is 23.1 Å². The van der Waals surface area contributed by atoms with Crippen LogP contribution in [-0.2, 0) is 11.2 Å². The van der Waals surface area contributed by atoms with Crippen LogP contribution in [0.3, 0.4) is 0 Å². The summed E-state index contributed by atoms with van der Waals surface area (Å²) in [5.74, 6) is -0.423. The number of benzene rings is 3. The number of amides is 2. The van der Waals surface area contributed by atoms with Gasteiger partial charge in [0, 0.05) is 71.2 Å². The van der Waals surface area contributed by atoms with E-state index in [1.165, 1.54) is 17.4 Å². The van der Waals surface area contributed by atoms with Crippen LogP contribution in [0.1, 0.15) is 44.8 Å². The molecule has 2 N–H and O–H groups in total. The number of halogens is 2. The Labute approximate surface area is 302 Å². The zero-order valence-corrected chi connectivity index (χ0v) is 29.2. The lowest BCUT2D eigenvalue weighted by molar-refractivity contribution is -0.000518. The Hall–Kier alpha value is -5.46. The number of nitrogens with zero attached hydrogens (tertiary/aromatic N) is 4. The molecular weight excluding hydrogens is 683 g/mol. The molecule has 6 aromatic rings. The predicted octanol–water partition coefficient (Wildman–Crippen LogP) is 8.01. The second kappa shape index (κ2) is 12.6. The molecule has 0 radical (unpaired) electrons. The molecule has 0 saturated carbocycles. The van der Waals surface area contributed by atoms with Crippen molar-refractivity contribution in [1.82, 2.24) is 15.0 Å². The quantitative estimate of drug-likeness (QED) is 0.187. The number of hydrogen-bond donors (Lipinski definition) is 2. The third kappa shape index (κ3) is 5.53. The highest BCUT2D eigenvalue weighted by Gasteiger charge is 2.45. The van der Waals surface area contributed by atoms with E-state index in [1.807, 2.05) is 43.3 Å². The smallest absolute Gasteiger partial charge is 0.259 e. The summed E-state index contributed by atoms with van der Waals surface area (Å²) in [6.07, 6.45) is 2.31. The fourth-order valence-corrected chi connectivity index (χ4v) is 8.85. The van der Waals surface area contributed by atoms with Crippen LogP contribution in [0.4, 0.5) is 26.0 Å². The van der Waals surface area contributed by atoms with Gasteiger partial charge in [-0.3, -0.25) is 9.59 Å². The summed E-state index contributed by atoms with van der Waals surface area (Å²) in [6, 6.07) is 22.5. The number of nitrogens with one attached hydrogen (secondary N) is 2. The number of H-pyrrole nitrogens is 1. The molecule has 2 saturated heterocycles. The number of para-hydroxylation sites is 2. The Morgan fingerprint density at radius 3 is 2.50 bits per heavy atom. The van der Waals surface area contributed by atoms with Gasteiger partial charge >= 0.3 is 0 Å². The lowest BCUT2D eigenvalue weighted by Crippen LogP contribution is -2.59. The van der Waals surface area contributed by atoms with Gasteiger partial charge in [-0.25, -0.2) is 18.7 Å². The van der Waals surface area contributed by atoms with E-state index in [4.69, 9.17) is 9.72 Å². The largest absolute Gasteiger partial charge is 0.381 e. The van der Waals surface area contributed by atoms with Crippen molar-refractivity contribution in [1.29, 1.82) is 0 Å². The highest BCUT2D eigenvalue weighted by molar-refractivity contribution is 7.19. The van der Waals surface area contributed by atoms with Crippen molar-refractivity contribution >= 4 is 51.4 Å². The first kappa shape index (κ1) is 32.4. The van der Waals surface area contributed by atoms with Gasteiger partial charge in [-0.1, -0.05) is 24.3 Å². The number of carbonyl (C=O) groups is 2. The Kier molecular flexibility index (Phi) is 7.89. The SMILES string of the molecule is Cc1ccc(C(=O)Nc2ccc(C(=O)N3CCc4c(sc(-c5nc6cccc(F)c6[nH]5)c4F)-c4ccccc43)cc2)c(N2CC3(CCOCC3)C2)n1. The van der Waals surface area contributed by atoms with E-state index >= 15 is 4.39 Å². The summed E-state index contributed by atoms with van der Waals surface area (Å²) in [4.78, 5) is 44.6. The number of anilines is 3. The summed E-state index contributed by atoms with van der Waals surface area (Å²) in [5, 5.41) is 2.99. The maximum absolute atomic E-state index is 16.1. The molecule has 262 valence electrons. The zero-order chi connectivity index (χ0) is 35.6. The lowest BCUT2D eigenvalue weighted by atomic mass is 9.73. The molecule has 3 aliphatic rings. The monoisotopic (exact) mass is 716 g/mol. The average molecular weight is 717 g/mol. The van der Waals surface area contributed by atoms with Crippen LogP contribution in [0.25, 0.3) is 32.2 Å². The van der Waals surface area contributed by atoms with Crippen LogP contribution in [0.5, 0.6) is 0 Å². The highest BCUT2D eigenvalue weighted by Crippen LogP contribution is 2.47. The second-order valence-electron chi connectivity index (χ2n) is 13.8.